The van der Waals surface area contributed by atoms with Crippen molar-refractivity contribution in [3.63, 3.8) is 0 Å². The van der Waals surface area contributed by atoms with E-state index in [4.69, 9.17) is 5.14 Å². The molecule has 8 nitrogen and oxygen atoms in total. The molecule has 0 saturated heterocycles. The number of amides is 1. The van der Waals surface area contributed by atoms with E-state index >= 15 is 0 Å². The van der Waals surface area contributed by atoms with Crippen LogP contribution in [-0.4, -0.2) is 31.5 Å². The Morgan fingerprint density at radius 1 is 1.33 bits per heavy atom. The van der Waals surface area contributed by atoms with Crippen molar-refractivity contribution in [2.75, 3.05) is 12.3 Å². The summed E-state index contributed by atoms with van der Waals surface area (Å²) < 4.78 is 47.3. The molecular weight excluding hydrogens is 312 g/mol. The topological polar surface area (TPSA) is 132 Å². The highest BCUT2D eigenvalue weighted by Gasteiger charge is 2.23. The van der Waals surface area contributed by atoms with Crippen LogP contribution in [0.1, 0.15) is 16.8 Å². The third-order valence-electron chi connectivity index (χ3n) is 2.37. The van der Waals surface area contributed by atoms with Gasteiger partial charge < -0.3 is 5.32 Å². The van der Waals surface area contributed by atoms with Crippen LogP contribution < -0.4 is 10.5 Å². The van der Waals surface area contributed by atoms with Gasteiger partial charge in [-0.15, -0.1) is 0 Å². The van der Waals surface area contributed by atoms with Crippen molar-refractivity contribution in [2.45, 2.75) is 6.42 Å². The lowest BCUT2D eigenvalue weighted by atomic mass is 10.1. The molecule has 0 bridgehead atoms. The number of sulfonamides is 1. The molecule has 1 aromatic rings. The van der Waals surface area contributed by atoms with E-state index in [9.17, 15) is 32.1 Å². The molecule has 0 aromatic heterocycles. The van der Waals surface area contributed by atoms with Gasteiger partial charge in [-0.05, 0) is 12.5 Å². The number of carbonyl (C=O) groups is 1. The Balaban J connectivity index is 2.83. The van der Waals surface area contributed by atoms with Gasteiger partial charge in [0.2, 0.25) is 10.0 Å². The Labute approximate surface area is 118 Å². The van der Waals surface area contributed by atoms with E-state index in [1.165, 1.54) is 0 Å². The van der Waals surface area contributed by atoms with Crippen molar-refractivity contribution in [1.82, 2.24) is 5.32 Å². The second-order valence-corrected chi connectivity index (χ2v) is 5.75. The lowest BCUT2D eigenvalue weighted by Gasteiger charge is -2.06. The zero-order valence-electron chi connectivity index (χ0n) is 10.5. The van der Waals surface area contributed by atoms with Crippen molar-refractivity contribution in [1.29, 1.82) is 0 Å². The van der Waals surface area contributed by atoms with Gasteiger partial charge in [-0.3, -0.25) is 14.9 Å². The van der Waals surface area contributed by atoms with Gasteiger partial charge in [0.1, 0.15) is 5.56 Å². The third kappa shape index (κ3) is 5.04. The molecule has 0 saturated carbocycles. The molecule has 116 valence electrons. The molecular formula is C10H11F2N3O5S. The molecule has 1 rings (SSSR count). The van der Waals surface area contributed by atoms with Crippen molar-refractivity contribution < 1.29 is 26.9 Å². The van der Waals surface area contributed by atoms with Crippen LogP contribution in [0.5, 0.6) is 0 Å². The van der Waals surface area contributed by atoms with E-state index in [1.807, 2.05) is 0 Å². The van der Waals surface area contributed by atoms with Crippen LogP contribution in [-0.2, 0) is 10.0 Å². The second-order valence-electron chi connectivity index (χ2n) is 4.02. The summed E-state index contributed by atoms with van der Waals surface area (Å²) in [6.07, 6.45) is -0.0257. The monoisotopic (exact) mass is 323 g/mol. The molecule has 21 heavy (non-hydrogen) atoms. The van der Waals surface area contributed by atoms with Crippen LogP contribution in [0, 0.1) is 21.7 Å². The quantitative estimate of drug-likeness (QED) is 0.441. The Morgan fingerprint density at radius 2 is 1.90 bits per heavy atom. The number of hydrogen-bond acceptors (Lipinski definition) is 5. The number of primary sulfonamides is 1. The molecule has 0 heterocycles. The molecule has 0 aliphatic heterocycles. The molecule has 0 aliphatic rings. The van der Waals surface area contributed by atoms with Crippen LogP contribution in [0.15, 0.2) is 12.1 Å². The van der Waals surface area contributed by atoms with Crippen LogP contribution >= 0.6 is 0 Å². The van der Waals surface area contributed by atoms with Gasteiger partial charge in [0.15, 0.2) is 11.6 Å². The van der Waals surface area contributed by atoms with Crippen molar-refractivity contribution in [3.05, 3.63) is 39.4 Å². The summed E-state index contributed by atoms with van der Waals surface area (Å²) in [5.41, 5.74) is -1.55. The first kappa shape index (κ1) is 16.9. The highest BCUT2D eigenvalue weighted by molar-refractivity contribution is 7.89. The Morgan fingerprint density at radius 3 is 2.43 bits per heavy atom. The number of nitrogens with one attached hydrogen (secondary N) is 1. The van der Waals surface area contributed by atoms with Crippen LogP contribution in [0.3, 0.4) is 0 Å². The minimum absolute atomic E-state index is 0.0257. The van der Waals surface area contributed by atoms with Gasteiger partial charge in [-0.1, -0.05) is 0 Å². The summed E-state index contributed by atoms with van der Waals surface area (Å²) in [5.74, 6) is -4.27. The zero-order valence-corrected chi connectivity index (χ0v) is 11.3. The van der Waals surface area contributed by atoms with Crippen molar-refractivity contribution in [2.24, 2.45) is 5.14 Å². The van der Waals surface area contributed by atoms with Gasteiger partial charge in [0.25, 0.3) is 11.6 Å². The van der Waals surface area contributed by atoms with Crippen molar-refractivity contribution in [3.8, 4) is 0 Å². The molecule has 0 fully saturated rings. The van der Waals surface area contributed by atoms with Crippen molar-refractivity contribution >= 4 is 21.6 Å². The van der Waals surface area contributed by atoms with E-state index in [-0.39, 0.29) is 13.0 Å². The van der Waals surface area contributed by atoms with Gasteiger partial charge in [-0.2, -0.15) is 0 Å². The molecule has 3 N–H and O–H groups in total. The Kier molecular flexibility index (Phi) is 5.27. The lowest BCUT2D eigenvalue weighted by molar-refractivity contribution is -0.385. The number of hydrogen-bond donors (Lipinski definition) is 2. The van der Waals surface area contributed by atoms with Gasteiger partial charge in [0, 0.05) is 6.54 Å². The zero-order chi connectivity index (χ0) is 16.2. The standard InChI is InChI=1S/C10H11F2N3O5S/c11-7-4-6(9(15(17)18)5-8(7)12)10(16)14-2-1-3-21(13,19)20/h4-5H,1-3H2,(H,14,16)(H2,13,19,20). The number of halogens is 2. The average molecular weight is 323 g/mol. The summed E-state index contributed by atoms with van der Waals surface area (Å²) in [6, 6.07) is 0.705. The fourth-order valence-electron chi connectivity index (χ4n) is 1.44. The van der Waals surface area contributed by atoms with E-state index < -0.39 is 49.5 Å². The lowest BCUT2D eigenvalue weighted by Crippen LogP contribution is -2.28. The highest BCUT2D eigenvalue weighted by atomic mass is 32.2. The average Bonchev–Trinajstić information content (AvgIpc) is 2.35. The van der Waals surface area contributed by atoms with Gasteiger partial charge >= 0.3 is 0 Å². The molecule has 1 amide bonds. The second kappa shape index (κ2) is 6.54. The SMILES string of the molecule is NS(=O)(=O)CCCNC(=O)c1cc(F)c(F)cc1[N+](=O)[O-]. The highest BCUT2D eigenvalue weighted by Crippen LogP contribution is 2.22. The molecule has 1 aromatic carbocycles. The number of rotatable bonds is 6. The molecule has 0 spiro atoms. The Hall–Kier alpha value is -2.14. The maximum absolute atomic E-state index is 13.1. The first-order valence-electron chi connectivity index (χ1n) is 5.54. The number of benzene rings is 1. The summed E-state index contributed by atoms with van der Waals surface area (Å²) >= 11 is 0. The number of carbonyl (C=O) groups excluding carboxylic acids is 1. The van der Waals surface area contributed by atoms with Gasteiger partial charge in [-0.25, -0.2) is 22.3 Å². The summed E-state index contributed by atoms with van der Waals surface area (Å²) in [7, 11) is -3.69. The smallest absolute Gasteiger partial charge is 0.285 e. The van der Waals surface area contributed by atoms with Crippen LogP contribution in [0.25, 0.3) is 0 Å². The number of nitrogens with zero attached hydrogens (tertiary/aromatic N) is 1. The molecule has 0 radical (unpaired) electrons. The van der Waals surface area contributed by atoms with Crippen LogP contribution in [0.2, 0.25) is 0 Å². The maximum Gasteiger partial charge on any atom is 0.285 e. The van der Waals surface area contributed by atoms with E-state index in [0.717, 1.165) is 0 Å². The van der Waals surface area contributed by atoms with E-state index in [2.05, 4.69) is 5.32 Å². The van der Waals surface area contributed by atoms with Gasteiger partial charge in [0.05, 0.1) is 16.7 Å². The van der Waals surface area contributed by atoms with Crippen LogP contribution in [0.4, 0.5) is 14.5 Å². The largest absolute Gasteiger partial charge is 0.352 e. The fraction of sp³-hybridized carbons (Fsp3) is 0.300. The van der Waals surface area contributed by atoms with E-state index in [0.29, 0.717) is 12.1 Å². The molecule has 0 aliphatic carbocycles. The van der Waals surface area contributed by atoms with E-state index in [1.54, 1.807) is 0 Å². The first-order chi connectivity index (χ1) is 9.61. The normalized spacial score (nSPS) is 11.2. The molecule has 0 unspecified atom stereocenters. The molecule has 0 atom stereocenters. The summed E-state index contributed by atoms with van der Waals surface area (Å²) in [4.78, 5) is 21.3. The Bertz CT molecular complexity index is 678. The predicted molar refractivity (Wildman–Crippen MR) is 67.9 cm³/mol. The minimum Gasteiger partial charge on any atom is -0.352 e. The fourth-order valence-corrected chi connectivity index (χ4v) is 1.99. The number of nitrogens with two attached hydrogens (primary N) is 1. The number of nitro benzene ring substituents is 1. The molecule has 11 heteroatoms. The summed E-state index contributed by atoms with van der Waals surface area (Å²) in [6.45, 7) is -0.147. The number of nitro groups is 1. The third-order valence-corrected chi connectivity index (χ3v) is 3.23. The minimum atomic E-state index is -3.69. The predicted octanol–water partition coefficient (Wildman–Crippen LogP) is 0.281. The summed E-state index contributed by atoms with van der Waals surface area (Å²) in [5, 5.41) is 17.6. The maximum atomic E-state index is 13.1. The first-order valence-corrected chi connectivity index (χ1v) is 7.25.